The highest BCUT2D eigenvalue weighted by Gasteiger charge is 2.41. The third kappa shape index (κ3) is 13.5. The Balaban J connectivity index is 0.000000908. The van der Waals surface area contributed by atoms with Gasteiger partial charge >= 0.3 is 12.1 Å². The lowest BCUT2D eigenvalue weighted by Crippen LogP contribution is -2.58. The van der Waals surface area contributed by atoms with Gasteiger partial charge in [0.25, 0.3) is 11.8 Å². The molecular formula is C49H60F4N6O9. The quantitative estimate of drug-likeness (QED) is 0.0474. The number of nitrogens with one attached hydrogen (secondary N) is 3. The Bertz CT molecular complexity index is 2380. The fourth-order valence-electron chi connectivity index (χ4n) is 9.43. The Kier molecular flexibility index (Phi) is 17.0. The number of fused-ring (bicyclic) bond motifs is 2. The first kappa shape index (κ1) is 50.1. The summed E-state index contributed by atoms with van der Waals surface area (Å²) < 4.78 is 63.5. The van der Waals surface area contributed by atoms with E-state index in [1.165, 1.54) is 29.7 Å². The summed E-state index contributed by atoms with van der Waals surface area (Å²) in [4.78, 5) is 57.2. The number of carboxylic acids is 1. The number of piperidine rings is 1. The number of anilines is 1. The van der Waals surface area contributed by atoms with Crippen molar-refractivity contribution in [3.8, 4) is 11.5 Å². The van der Waals surface area contributed by atoms with E-state index in [1.54, 1.807) is 18.2 Å². The van der Waals surface area contributed by atoms with Crippen LogP contribution in [-0.4, -0.2) is 144 Å². The third-order valence-corrected chi connectivity index (χ3v) is 13.0. The minimum atomic E-state index is -5.08. The van der Waals surface area contributed by atoms with E-state index in [-0.39, 0.29) is 47.5 Å². The van der Waals surface area contributed by atoms with Crippen LogP contribution in [0.15, 0.2) is 60.7 Å². The second kappa shape index (κ2) is 23.0. The molecule has 368 valence electrons. The molecule has 4 heterocycles. The molecular weight excluding hydrogens is 893 g/mol. The van der Waals surface area contributed by atoms with Crippen molar-refractivity contribution in [1.82, 2.24) is 25.0 Å². The lowest BCUT2D eigenvalue weighted by Gasteiger charge is -2.47. The van der Waals surface area contributed by atoms with Crippen LogP contribution < -0.4 is 15.4 Å². The summed E-state index contributed by atoms with van der Waals surface area (Å²) in [6.45, 7) is 7.01. The normalized spacial score (nSPS) is 17.5. The third-order valence-electron chi connectivity index (χ3n) is 13.0. The number of carboxylic acid groups (broad SMARTS) is 1. The number of nitrogens with zero attached hydrogens (tertiary/aromatic N) is 3. The van der Waals surface area contributed by atoms with Crippen molar-refractivity contribution in [3.05, 3.63) is 88.9 Å². The molecule has 3 aliphatic heterocycles. The summed E-state index contributed by atoms with van der Waals surface area (Å²) in [5.74, 6) is -2.79. The first-order chi connectivity index (χ1) is 32.7. The molecule has 1 aliphatic carbocycles. The molecule has 2 saturated heterocycles. The van der Waals surface area contributed by atoms with Gasteiger partial charge in [-0.15, -0.1) is 0 Å². The van der Waals surface area contributed by atoms with Crippen molar-refractivity contribution >= 4 is 40.3 Å². The van der Waals surface area contributed by atoms with E-state index in [2.05, 4.69) is 49.7 Å². The van der Waals surface area contributed by atoms with Gasteiger partial charge in [-0.2, -0.15) is 13.2 Å². The van der Waals surface area contributed by atoms with Crippen LogP contribution >= 0.6 is 0 Å². The van der Waals surface area contributed by atoms with Crippen molar-refractivity contribution in [2.75, 3.05) is 77.6 Å². The molecule has 0 bridgehead atoms. The molecule has 3 amide bonds. The first-order valence-corrected chi connectivity index (χ1v) is 23.3. The maximum absolute atomic E-state index is 13.7. The van der Waals surface area contributed by atoms with Gasteiger partial charge in [-0.1, -0.05) is 49.6 Å². The van der Waals surface area contributed by atoms with E-state index in [0.29, 0.717) is 87.9 Å². The number of aromatic nitrogens is 1. The number of likely N-dealkylation sites (tertiary alicyclic amines) is 1. The van der Waals surface area contributed by atoms with Gasteiger partial charge in [-0.25, -0.2) is 9.18 Å². The van der Waals surface area contributed by atoms with Gasteiger partial charge in [0.1, 0.15) is 22.9 Å². The Labute approximate surface area is 392 Å². The van der Waals surface area contributed by atoms with E-state index < -0.39 is 12.1 Å². The highest BCUT2D eigenvalue weighted by atomic mass is 19.4. The number of H-pyrrole nitrogens is 1. The Hall–Kier alpha value is -5.76. The minimum absolute atomic E-state index is 0.0100. The number of alkyl halides is 3. The van der Waals surface area contributed by atoms with Crippen LogP contribution in [0.2, 0.25) is 0 Å². The van der Waals surface area contributed by atoms with Crippen LogP contribution in [-0.2, 0) is 43.2 Å². The van der Waals surface area contributed by atoms with Gasteiger partial charge in [-0.05, 0) is 92.1 Å². The molecule has 68 heavy (non-hydrogen) atoms. The number of phenolic OH excluding ortho intramolecular Hbond substituents is 1. The van der Waals surface area contributed by atoms with Crippen LogP contribution in [0.25, 0.3) is 10.9 Å². The van der Waals surface area contributed by atoms with Gasteiger partial charge in [0, 0.05) is 56.2 Å². The number of amides is 3. The van der Waals surface area contributed by atoms with E-state index in [1.807, 2.05) is 11.0 Å². The smallest absolute Gasteiger partial charge is 0.490 e. The van der Waals surface area contributed by atoms with Crippen LogP contribution in [0, 0.1) is 5.82 Å². The maximum Gasteiger partial charge on any atom is 0.490 e. The maximum atomic E-state index is 13.7. The molecule has 5 N–H and O–H groups in total. The lowest BCUT2D eigenvalue weighted by atomic mass is 9.89. The summed E-state index contributed by atoms with van der Waals surface area (Å²) in [6, 6.07) is 18.5. The molecule has 15 nitrogen and oxygen atoms in total. The number of hydrogen-bond donors (Lipinski definition) is 5. The Morgan fingerprint density at radius 3 is 2.47 bits per heavy atom. The summed E-state index contributed by atoms with van der Waals surface area (Å²) >= 11 is 0. The highest BCUT2D eigenvalue weighted by Crippen LogP contribution is 2.39. The summed E-state index contributed by atoms with van der Waals surface area (Å²) in [6.07, 6.45) is 3.97. The van der Waals surface area contributed by atoms with Crippen molar-refractivity contribution in [1.29, 1.82) is 0 Å². The van der Waals surface area contributed by atoms with E-state index in [0.717, 1.165) is 75.7 Å². The number of aromatic hydroxyl groups is 1. The number of hydrogen-bond acceptors (Lipinski definition) is 10. The van der Waals surface area contributed by atoms with Crippen molar-refractivity contribution < 1.29 is 61.2 Å². The van der Waals surface area contributed by atoms with Gasteiger partial charge in [0.2, 0.25) is 5.91 Å². The molecule has 8 rings (SSSR count). The summed E-state index contributed by atoms with van der Waals surface area (Å²) in [5, 5.41) is 24.1. The number of morpholine rings is 1. The van der Waals surface area contributed by atoms with Gasteiger partial charge < -0.3 is 49.8 Å². The number of rotatable bonds is 16. The van der Waals surface area contributed by atoms with Crippen LogP contribution in [0.4, 0.5) is 23.2 Å². The number of aliphatic carboxylic acids is 1. The zero-order valence-electron chi connectivity index (χ0n) is 38.0. The average Bonchev–Trinajstić information content (AvgIpc) is 3.75. The topological polar surface area (TPSA) is 186 Å². The molecule has 1 spiro atoms. The van der Waals surface area contributed by atoms with Crippen LogP contribution in [0.5, 0.6) is 11.5 Å². The predicted octanol–water partition coefficient (Wildman–Crippen LogP) is 6.43. The molecule has 4 aromatic rings. The molecule has 1 saturated carbocycles. The van der Waals surface area contributed by atoms with E-state index >= 15 is 0 Å². The zero-order valence-corrected chi connectivity index (χ0v) is 38.0. The van der Waals surface area contributed by atoms with Crippen molar-refractivity contribution in [3.63, 3.8) is 0 Å². The van der Waals surface area contributed by atoms with Crippen LogP contribution in [0.1, 0.15) is 78.5 Å². The molecule has 3 fully saturated rings. The van der Waals surface area contributed by atoms with Gasteiger partial charge in [0.05, 0.1) is 38.4 Å². The highest BCUT2D eigenvalue weighted by molar-refractivity contribution is 5.98. The zero-order chi connectivity index (χ0) is 48.3. The molecule has 0 atom stereocenters. The number of halogens is 4. The second-order valence-electron chi connectivity index (χ2n) is 17.8. The van der Waals surface area contributed by atoms with E-state index in [9.17, 15) is 37.1 Å². The number of carbonyl (C=O) groups excluding carboxylic acids is 3. The fraction of sp³-hybridized carbons (Fsp3) is 0.510. The van der Waals surface area contributed by atoms with E-state index in [4.69, 9.17) is 24.1 Å². The molecule has 19 heteroatoms. The van der Waals surface area contributed by atoms with Crippen LogP contribution in [0.3, 0.4) is 0 Å². The van der Waals surface area contributed by atoms with Gasteiger partial charge in [0.15, 0.2) is 12.4 Å². The fourth-order valence-corrected chi connectivity index (χ4v) is 9.43. The minimum Gasteiger partial charge on any atom is -0.506 e. The Morgan fingerprint density at radius 2 is 1.71 bits per heavy atom. The number of carbonyl (C=O) groups is 4. The summed E-state index contributed by atoms with van der Waals surface area (Å²) in [7, 11) is 0. The molecule has 1 aromatic heterocycles. The molecule has 3 aromatic carbocycles. The predicted molar refractivity (Wildman–Crippen MR) is 244 cm³/mol. The van der Waals surface area contributed by atoms with Crippen molar-refractivity contribution in [2.45, 2.75) is 88.6 Å². The molecule has 4 aliphatic rings. The SMILES string of the molecule is O=C(O)C(F)(F)F.O=C1COc2c(CCNCCN(C(=O)CCOCCc3cccc(CN4CCC5(CC4)CN(C(=O)c4cc6cc(F)ccc6[nH]4)CCO5)c3)C3CCCCC3)ccc(O)c2N1. The largest absolute Gasteiger partial charge is 0.506 e. The Morgan fingerprint density at radius 1 is 0.941 bits per heavy atom. The standard InChI is InChI=1S/C47H59FN6O7.C2HF3O2/c48-37-10-11-39-36(28-37)29-40(50-39)46(58)53-23-26-61-47(32-53)16-20-52(21-17-47)30-34-6-4-5-33(27-34)14-24-59-25-15-43(57)54(38-7-2-1-3-8-38)22-19-49-18-13-35-9-12-41(55)44-45(35)60-31-42(56)51-44;3-2(4,5)1(6)7/h4-6,9-12,27-29,38,49-50,55H,1-3,7-8,13-26,30-32H2,(H,51,56);(H,6,7). The summed E-state index contributed by atoms with van der Waals surface area (Å²) in [5.41, 5.74) is 4.56. The number of ether oxygens (including phenoxy) is 3. The molecule has 0 radical (unpaired) electrons. The van der Waals surface area contributed by atoms with Crippen molar-refractivity contribution in [2.24, 2.45) is 0 Å². The van der Waals surface area contributed by atoms with Gasteiger partial charge in [-0.3, -0.25) is 19.3 Å². The number of phenols is 1. The molecule has 0 unspecified atom stereocenters. The average molecular weight is 953 g/mol. The number of aromatic amines is 1. The second-order valence-corrected chi connectivity index (χ2v) is 17.8. The lowest BCUT2D eigenvalue weighted by molar-refractivity contribution is -0.192. The first-order valence-electron chi connectivity index (χ1n) is 23.3. The number of benzene rings is 3. The monoisotopic (exact) mass is 952 g/mol.